The van der Waals surface area contributed by atoms with E-state index in [0.717, 1.165) is 36.2 Å². The second kappa shape index (κ2) is 10.6. The fourth-order valence-corrected chi connectivity index (χ4v) is 6.69. The molecule has 0 aliphatic carbocycles. The first-order valence-electron chi connectivity index (χ1n) is 12.4. The molecule has 0 spiro atoms. The van der Waals surface area contributed by atoms with Gasteiger partial charge in [0.05, 0.1) is 10.6 Å². The molecule has 1 fully saturated rings. The Morgan fingerprint density at radius 2 is 1.76 bits per heavy atom. The molecule has 3 aromatic carbocycles. The number of hydrogen-bond acceptors (Lipinski definition) is 5. The average Bonchev–Trinajstić information content (AvgIpc) is 3.49. The minimum atomic E-state index is -4.18. The number of halogens is 2. The predicted octanol–water partition coefficient (Wildman–Crippen LogP) is 5.91. The molecule has 1 amide bonds. The van der Waals surface area contributed by atoms with Gasteiger partial charge in [0, 0.05) is 40.8 Å². The third kappa shape index (κ3) is 5.01. The summed E-state index contributed by atoms with van der Waals surface area (Å²) < 4.78 is 31.3. The van der Waals surface area contributed by atoms with Crippen LogP contribution in [0.1, 0.15) is 40.7 Å². The topological polar surface area (TPSA) is 91.5 Å². The highest BCUT2D eigenvalue weighted by Gasteiger charge is 2.30. The molecular formula is C28H27Cl2N3O4S. The second-order valence-electron chi connectivity index (χ2n) is 9.56. The lowest BCUT2D eigenvalue weighted by molar-refractivity contribution is 0.0966. The van der Waals surface area contributed by atoms with Gasteiger partial charge in [-0.15, -0.1) is 12.4 Å². The Labute approximate surface area is 232 Å². The number of piperidine rings is 1. The highest BCUT2D eigenvalue weighted by molar-refractivity contribution is 7.87. The monoisotopic (exact) mass is 571 g/mol. The Hall–Kier alpha value is -3.04. The molecule has 6 rings (SSSR count). The molecule has 2 aliphatic heterocycles. The lowest BCUT2D eigenvalue weighted by Crippen LogP contribution is -2.28. The Morgan fingerprint density at radius 3 is 2.55 bits per heavy atom. The van der Waals surface area contributed by atoms with E-state index in [0.29, 0.717) is 16.7 Å². The molecule has 3 heterocycles. The molecule has 1 aromatic heterocycles. The third-order valence-electron chi connectivity index (χ3n) is 7.06. The van der Waals surface area contributed by atoms with Crippen LogP contribution in [0, 0.1) is 0 Å². The Balaban J connectivity index is 0.00000294. The summed E-state index contributed by atoms with van der Waals surface area (Å²) in [7, 11) is -4.18. The van der Waals surface area contributed by atoms with Crippen molar-refractivity contribution in [1.82, 2.24) is 15.2 Å². The standard InChI is InChI=1S/C28H26ClN3O4S.ClH/c29-22-6-2-3-7-26(22)37(34,35)36-25-11-9-20(27-21(25)16-30-28(27)33)24-15-19-14-18(8-10-23(19)31-24)17-32-12-4-1-5-13-32;/h2-3,6-11,14-15,31H,1,4-5,12-13,16-17H2,(H,30,33);1H. The van der Waals surface area contributed by atoms with Crippen molar-refractivity contribution in [3.63, 3.8) is 0 Å². The molecule has 38 heavy (non-hydrogen) atoms. The SMILES string of the molecule is Cl.O=C1NCc2c(OS(=O)(=O)c3ccccc3Cl)ccc(-c3cc4cc(CN5CCCCC5)ccc4[nH]3)c21. The maximum Gasteiger partial charge on any atom is 0.340 e. The van der Waals surface area contributed by atoms with Crippen LogP contribution in [-0.2, 0) is 23.2 Å². The van der Waals surface area contributed by atoms with Crippen molar-refractivity contribution < 1.29 is 17.4 Å². The molecule has 4 aromatic rings. The highest BCUT2D eigenvalue weighted by atomic mass is 35.5. The summed E-state index contributed by atoms with van der Waals surface area (Å²) in [6.45, 7) is 3.38. The van der Waals surface area contributed by atoms with Crippen molar-refractivity contribution >= 4 is 50.9 Å². The van der Waals surface area contributed by atoms with Crippen LogP contribution in [0.3, 0.4) is 0 Å². The first-order valence-corrected chi connectivity index (χ1v) is 14.2. The molecule has 0 saturated carbocycles. The van der Waals surface area contributed by atoms with Crippen molar-refractivity contribution in [3.05, 3.63) is 82.4 Å². The van der Waals surface area contributed by atoms with E-state index in [4.69, 9.17) is 15.8 Å². The summed E-state index contributed by atoms with van der Waals surface area (Å²) in [6, 6.07) is 17.9. The summed E-state index contributed by atoms with van der Waals surface area (Å²) in [5.41, 5.74) is 4.64. The largest absolute Gasteiger partial charge is 0.379 e. The average molecular weight is 573 g/mol. The van der Waals surface area contributed by atoms with Gasteiger partial charge in [-0.1, -0.05) is 36.2 Å². The number of H-pyrrole nitrogens is 1. The lowest BCUT2D eigenvalue weighted by Gasteiger charge is -2.26. The maximum absolute atomic E-state index is 12.9. The zero-order chi connectivity index (χ0) is 25.6. The maximum atomic E-state index is 12.9. The van der Waals surface area contributed by atoms with Gasteiger partial charge < -0.3 is 14.5 Å². The molecule has 0 unspecified atom stereocenters. The van der Waals surface area contributed by atoms with Crippen molar-refractivity contribution in [2.45, 2.75) is 37.2 Å². The van der Waals surface area contributed by atoms with E-state index < -0.39 is 10.1 Å². The molecule has 0 radical (unpaired) electrons. The highest BCUT2D eigenvalue weighted by Crippen LogP contribution is 2.37. The number of carbonyl (C=O) groups excluding carboxylic acids is 1. The number of rotatable bonds is 6. The van der Waals surface area contributed by atoms with Crippen LogP contribution in [0.5, 0.6) is 5.75 Å². The summed E-state index contributed by atoms with van der Waals surface area (Å²) in [5, 5.41) is 3.94. The van der Waals surface area contributed by atoms with E-state index in [1.54, 1.807) is 24.3 Å². The number of amides is 1. The molecule has 1 saturated heterocycles. The van der Waals surface area contributed by atoms with Crippen LogP contribution < -0.4 is 9.50 Å². The van der Waals surface area contributed by atoms with Crippen molar-refractivity contribution in [2.75, 3.05) is 13.1 Å². The number of hydrogen-bond donors (Lipinski definition) is 2. The summed E-state index contributed by atoms with van der Waals surface area (Å²) >= 11 is 6.09. The van der Waals surface area contributed by atoms with Crippen LogP contribution in [-0.4, -0.2) is 37.3 Å². The summed E-state index contributed by atoms with van der Waals surface area (Å²) in [4.78, 5) is 18.6. The number of likely N-dealkylation sites (tertiary alicyclic amines) is 1. The fourth-order valence-electron chi connectivity index (χ4n) is 5.23. The van der Waals surface area contributed by atoms with Gasteiger partial charge in [-0.3, -0.25) is 9.69 Å². The van der Waals surface area contributed by atoms with E-state index in [-0.39, 0.29) is 40.5 Å². The van der Waals surface area contributed by atoms with Crippen LogP contribution in [0.4, 0.5) is 0 Å². The number of nitrogens with one attached hydrogen (secondary N) is 2. The van der Waals surface area contributed by atoms with E-state index in [1.165, 1.54) is 37.0 Å². The smallest absolute Gasteiger partial charge is 0.340 e. The molecule has 2 aliphatic rings. The number of nitrogens with zero attached hydrogens (tertiary/aromatic N) is 1. The number of fused-ring (bicyclic) bond motifs is 2. The van der Waals surface area contributed by atoms with Crippen LogP contribution in [0.25, 0.3) is 22.2 Å². The van der Waals surface area contributed by atoms with E-state index >= 15 is 0 Å². The van der Waals surface area contributed by atoms with Crippen LogP contribution in [0.15, 0.2) is 65.6 Å². The minimum absolute atomic E-state index is 0. The number of aromatic amines is 1. The molecule has 10 heteroatoms. The van der Waals surface area contributed by atoms with Gasteiger partial charge in [0.2, 0.25) is 0 Å². The molecule has 2 N–H and O–H groups in total. The van der Waals surface area contributed by atoms with Crippen molar-refractivity contribution in [1.29, 1.82) is 0 Å². The third-order valence-corrected chi connectivity index (χ3v) is 8.79. The number of benzene rings is 3. The first-order chi connectivity index (χ1) is 17.9. The van der Waals surface area contributed by atoms with Gasteiger partial charge in [-0.2, -0.15) is 8.42 Å². The quantitative estimate of drug-likeness (QED) is 0.281. The van der Waals surface area contributed by atoms with Gasteiger partial charge in [0.25, 0.3) is 5.91 Å². The zero-order valence-corrected chi connectivity index (χ0v) is 22.9. The molecular weight excluding hydrogens is 545 g/mol. The fraction of sp³-hybridized carbons (Fsp3) is 0.250. The molecule has 0 atom stereocenters. The molecule has 198 valence electrons. The van der Waals surface area contributed by atoms with E-state index in [2.05, 4.69) is 33.4 Å². The van der Waals surface area contributed by atoms with Gasteiger partial charge in [-0.25, -0.2) is 0 Å². The van der Waals surface area contributed by atoms with Crippen molar-refractivity contribution in [2.24, 2.45) is 0 Å². The Morgan fingerprint density at radius 1 is 0.974 bits per heavy atom. The van der Waals surface area contributed by atoms with Gasteiger partial charge in [0.1, 0.15) is 10.6 Å². The van der Waals surface area contributed by atoms with E-state index in [9.17, 15) is 13.2 Å². The van der Waals surface area contributed by atoms with Gasteiger partial charge >= 0.3 is 10.1 Å². The second-order valence-corrected chi connectivity index (χ2v) is 11.5. The van der Waals surface area contributed by atoms with Crippen molar-refractivity contribution in [3.8, 4) is 17.0 Å². The first kappa shape index (κ1) is 26.6. The predicted molar refractivity (Wildman–Crippen MR) is 151 cm³/mol. The number of carbonyl (C=O) groups is 1. The summed E-state index contributed by atoms with van der Waals surface area (Å²) in [6.07, 6.45) is 3.82. The van der Waals surface area contributed by atoms with Crippen LogP contribution in [0.2, 0.25) is 5.02 Å². The van der Waals surface area contributed by atoms with E-state index in [1.807, 2.05) is 6.07 Å². The molecule has 7 nitrogen and oxygen atoms in total. The van der Waals surface area contributed by atoms with Crippen LogP contribution >= 0.6 is 24.0 Å². The van der Waals surface area contributed by atoms with Gasteiger partial charge in [0.15, 0.2) is 0 Å². The van der Waals surface area contributed by atoms with Gasteiger partial charge in [-0.05, 0) is 74.0 Å². The zero-order valence-electron chi connectivity index (χ0n) is 20.5. The number of aromatic nitrogens is 1. The Bertz CT molecular complexity index is 1630. The normalized spacial score (nSPS) is 15.7. The summed E-state index contributed by atoms with van der Waals surface area (Å²) in [5.74, 6) is -0.160. The minimum Gasteiger partial charge on any atom is -0.379 e. The Kier molecular flexibility index (Phi) is 7.42. The molecule has 0 bridgehead atoms. The lowest BCUT2D eigenvalue weighted by atomic mass is 9.99.